The van der Waals surface area contributed by atoms with E-state index in [1.165, 1.54) is 17.8 Å². The minimum Gasteiger partial charge on any atom is -0.508 e. The van der Waals surface area contributed by atoms with Crippen LogP contribution in [0.5, 0.6) is 5.75 Å². The van der Waals surface area contributed by atoms with Crippen molar-refractivity contribution in [1.29, 1.82) is 0 Å². The number of phenols is 1. The summed E-state index contributed by atoms with van der Waals surface area (Å²) < 4.78 is 0. The molecule has 2 nitrogen and oxygen atoms in total. The lowest BCUT2D eigenvalue weighted by Crippen LogP contribution is -1.82. The minimum absolute atomic E-state index is 0.173. The van der Waals surface area contributed by atoms with Crippen LogP contribution in [0.1, 0.15) is 0 Å². The van der Waals surface area contributed by atoms with Gasteiger partial charge in [0.2, 0.25) is 0 Å². The van der Waals surface area contributed by atoms with Crippen molar-refractivity contribution in [3.05, 3.63) is 47.5 Å². The summed E-state index contributed by atoms with van der Waals surface area (Å²) in [5.41, 5.74) is 6.34. The summed E-state index contributed by atoms with van der Waals surface area (Å²) in [6.45, 7) is 0. The fourth-order valence-corrected chi connectivity index (χ4v) is 2.34. The predicted molar refractivity (Wildman–Crippen MR) is 68.1 cm³/mol. The van der Waals surface area contributed by atoms with Crippen molar-refractivity contribution in [2.45, 2.75) is 9.79 Å². The second-order valence-electron chi connectivity index (χ2n) is 3.29. The van der Waals surface area contributed by atoms with Gasteiger partial charge in [0.1, 0.15) is 5.75 Å². The monoisotopic (exact) mass is 251 g/mol. The third-order valence-electron chi connectivity index (χ3n) is 2.02. The number of phenolic OH excluding ortho intramolecular Hbond substituents is 1. The lowest BCUT2D eigenvalue weighted by atomic mass is 10.3. The third-order valence-corrected chi connectivity index (χ3v) is 3.53. The van der Waals surface area contributed by atoms with Crippen LogP contribution in [0.25, 0.3) is 0 Å². The van der Waals surface area contributed by atoms with Crippen LogP contribution in [-0.4, -0.2) is 5.11 Å². The summed E-state index contributed by atoms with van der Waals surface area (Å²) >= 11 is 7.54. The number of nitrogen functional groups attached to an aromatic ring is 1. The van der Waals surface area contributed by atoms with Gasteiger partial charge in [-0.2, -0.15) is 0 Å². The van der Waals surface area contributed by atoms with Gasteiger partial charge in [-0.25, -0.2) is 0 Å². The summed E-state index contributed by atoms with van der Waals surface area (Å²) in [7, 11) is 0. The molecule has 3 N–H and O–H groups in total. The Labute approximate surface area is 103 Å². The summed E-state index contributed by atoms with van der Waals surface area (Å²) in [6, 6.07) is 12.5. The largest absolute Gasteiger partial charge is 0.508 e. The number of hydrogen-bond donors (Lipinski definition) is 2. The Hall–Kier alpha value is -1.32. The molecule has 0 amide bonds. The van der Waals surface area contributed by atoms with E-state index in [4.69, 9.17) is 17.3 Å². The van der Waals surface area contributed by atoms with Gasteiger partial charge in [0, 0.05) is 15.5 Å². The third kappa shape index (κ3) is 2.62. The lowest BCUT2D eigenvalue weighted by molar-refractivity contribution is 0.475. The van der Waals surface area contributed by atoms with Gasteiger partial charge in [-0.15, -0.1) is 0 Å². The topological polar surface area (TPSA) is 46.2 Å². The van der Waals surface area contributed by atoms with E-state index < -0.39 is 0 Å². The summed E-state index contributed by atoms with van der Waals surface area (Å²) in [5.74, 6) is 0.173. The molecular weight excluding hydrogens is 242 g/mol. The van der Waals surface area contributed by atoms with Crippen LogP contribution >= 0.6 is 23.4 Å². The number of anilines is 1. The molecular formula is C12H10ClNOS. The van der Waals surface area contributed by atoms with Crippen LogP contribution in [-0.2, 0) is 0 Å². The number of halogens is 1. The molecule has 0 saturated carbocycles. The first-order chi connectivity index (χ1) is 7.65. The molecule has 4 heteroatoms. The number of rotatable bonds is 2. The van der Waals surface area contributed by atoms with Crippen LogP contribution in [0, 0.1) is 0 Å². The summed E-state index contributed by atoms with van der Waals surface area (Å²) in [6.07, 6.45) is 0. The van der Waals surface area contributed by atoms with Crippen molar-refractivity contribution in [1.82, 2.24) is 0 Å². The zero-order valence-electron chi connectivity index (χ0n) is 8.35. The van der Waals surface area contributed by atoms with E-state index in [9.17, 15) is 5.11 Å². The predicted octanol–water partition coefficient (Wildman–Crippen LogP) is 3.78. The van der Waals surface area contributed by atoms with Crippen LogP contribution in [0.3, 0.4) is 0 Å². The zero-order chi connectivity index (χ0) is 11.5. The molecule has 0 fully saturated rings. The molecule has 2 rings (SSSR count). The van der Waals surface area contributed by atoms with Crippen LogP contribution in [0.2, 0.25) is 5.02 Å². The maximum Gasteiger partial charge on any atom is 0.117 e. The van der Waals surface area contributed by atoms with Gasteiger partial charge in [-0.05, 0) is 42.5 Å². The minimum atomic E-state index is 0.173. The molecule has 0 spiro atoms. The molecule has 0 saturated heterocycles. The number of benzene rings is 2. The number of hydrogen-bond acceptors (Lipinski definition) is 3. The summed E-state index contributed by atoms with van der Waals surface area (Å²) in [4.78, 5) is 1.96. The van der Waals surface area contributed by atoms with E-state index >= 15 is 0 Å². The molecule has 82 valence electrons. The zero-order valence-corrected chi connectivity index (χ0v) is 9.92. The van der Waals surface area contributed by atoms with Crippen molar-refractivity contribution in [2.24, 2.45) is 0 Å². The van der Waals surface area contributed by atoms with Gasteiger partial charge in [-0.3, -0.25) is 0 Å². The van der Waals surface area contributed by atoms with Crippen LogP contribution in [0.4, 0.5) is 5.69 Å². The molecule has 16 heavy (non-hydrogen) atoms. The fourth-order valence-electron chi connectivity index (χ4n) is 1.24. The molecule has 2 aromatic rings. The van der Waals surface area contributed by atoms with Gasteiger partial charge in [0.05, 0.1) is 5.02 Å². The van der Waals surface area contributed by atoms with E-state index in [-0.39, 0.29) is 5.75 Å². The molecule has 0 atom stereocenters. The highest BCUT2D eigenvalue weighted by atomic mass is 35.5. The second-order valence-corrected chi connectivity index (χ2v) is 4.81. The Kier molecular flexibility index (Phi) is 3.27. The van der Waals surface area contributed by atoms with Crippen molar-refractivity contribution < 1.29 is 5.11 Å². The highest BCUT2D eigenvalue weighted by Gasteiger charge is 2.03. The van der Waals surface area contributed by atoms with E-state index in [0.717, 1.165) is 15.5 Å². The molecule has 2 aromatic carbocycles. The van der Waals surface area contributed by atoms with Crippen LogP contribution < -0.4 is 5.73 Å². The Morgan fingerprint density at radius 1 is 1.06 bits per heavy atom. The van der Waals surface area contributed by atoms with Crippen molar-refractivity contribution >= 4 is 29.1 Å². The van der Waals surface area contributed by atoms with E-state index in [1.54, 1.807) is 12.1 Å². The average Bonchev–Trinajstić information content (AvgIpc) is 2.25. The number of aromatic hydroxyl groups is 1. The van der Waals surface area contributed by atoms with Gasteiger partial charge in [-0.1, -0.05) is 23.4 Å². The average molecular weight is 252 g/mol. The van der Waals surface area contributed by atoms with E-state index in [1.807, 2.05) is 24.3 Å². The smallest absolute Gasteiger partial charge is 0.117 e. The van der Waals surface area contributed by atoms with Gasteiger partial charge < -0.3 is 10.8 Å². The number of nitrogens with two attached hydrogens (primary N) is 1. The first-order valence-electron chi connectivity index (χ1n) is 4.67. The first-order valence-corrected chi connectivity index (χ1v) is 5.86. The molecule has 0 radical (unpaired) electrons. The maximum absolute atomic E-state index is 9.23. The molecule has 0 aromatic heterocycles. The standard InChI is InChI=1S/C12H10ClNOS/c13-11-7-9(15)3-6-12(11)16-10-4-1-8(14)2-5-10/h1-7,15H,14H2. The fraction of sp³-hybridized carbons (Fsp3) is 0. The Balaban J connectivity index is 2.23. The maximum atomic E-state index is 9.23. The Morgan fingerprint density at radius 3 is 2.38 bits per heavy atom. The van der Waals surface area contributed by atoms with Gasteiger partial charge >= 0.3 is 0 Å². The Bertz CT molecular complexity index is 499. The van der Waals surface area contributed by atoms with Crippen molar-refractivity contribution in [3.8, 4) is 5.75 Å². The van der Waals surface area contributed by atoms with E-state index in [0.29, 0.717) is 5.02 Å². The molecule has 0 aliphatic heterocycles. The van der Waals surface area contributed by atoms with Gasteiger partial charge in [0.15, 0.2) is 0 Å². The molecule has 0 heterocycles. The molecule has 0 aliphatic carbocycles. The summed E-state index contributed by atoms with van der Waals surface area (Å²) in [5, 5.41) is 9.77. The SMILES string of the molecule is Nc1ccc(Sc2ccc(O)cc2Cl)cc1. The lowest BCUT2D eigenvalue weighted by Gasteiger charge is -2.04. The molecule has 0 aliphatic rings. The van der Waals surface area contributed by atoms with Gasteiger partial charge in [0.25, 0.3) is 0 Å². The normalized spacial score (nSPS) is 10.3. The van der Waals surface area contributed by atoms with Crippen LogP contribution in [0.15, 0.2) is 52.3 Å². The highest BCUT2D eigenvalue weighted by molar-refractivity contribution is 7.99. The quantitative estimate of drug-likeness (QED) is 0.799. The molecule has 0 unspecified atom stereocenters. The molecule has 0 bridgehead atoms. The van der Waals surface area contributed by atoms with E-state index in [2.05, 4.69) is 0 Å². The second kappa shape index (κ2) is 4.68. The Morgan fingerprint density at radius 2 is 1.75 bits per heavy atom. The highest BCUT2D eigenvalue weighted by Crippen LogP contribution is 2.35. The van der Waals surface area contributed by atoms with Crippen molar-refractivity contribution in [2.75, 3.05) is 5.73 Å². The van der Waals surface area contributed by atoms with Crippen molar-refractivity contribution in [3.63, 3.8) is 0 Å². The first kappa shape index (κ1) is 11.2.